The molecule has 0 saturated heterocycles. The largest absolute Gasteiger partial charge is 0.395 e. The lowest BCUT2D eigenvalue weighted by molar-refractivity contribution is 0.198. The van der Waals surface area contributed by atoms with Crippen molar-refractivity contribution in [1.82, 2.24) is 5.32 Å². The van der Waals surface area contributed by atoms with E-state index in [1.807, 2.05) is 0 Å². The van der Waals surface area contributed by atoms with Crippen LogP contribution >= 0.6 is 0 Å². The molecule has 6 nitrogen and oxygen atoms in total. The van der Waals surface area contributed by atoms with Gasteiger partial charge < -0.3 is 15.5 Å². The van der Waals surface area contributed by atoms with Gasteiger partial charge in [0, 0.05) is 12.6 Å². The molecule has 0 amide bonds. The third-order valence-electron chi connectivity index (χ3n) is 1.64. The Labute approximate surface area is 77.3 Å². The highest BCUT2D eigenvalue weighted by atomic mass is 32.2. The molecule has 0 rings (SSSR count). The summed E-state index contributed by atoms with van der Waals surface area (Å²) in [5.41, 5.74) is -1.84. The molecule has 0 aliphatic rings. The van der Waals surface area contributed by atoms with E-state index in [1.54, 1.807) is 6.92 Å². The van der Waals surface area contributed by atoms with Crippen LogP contribution in [0.1, 0.15) is 13.3 Å². The Morgan fingerprint density at radius 3 is 2.31 bits per heavy atom. The highest BCUT2D eigenvalue weighted by Crippen LogP contribution is 1.94. The van der Waals surface area contributed by atoms with E-state index in [1.165, 1.54) is 0 Å². The SMILES string of the molecule is CCC(CO)NCC(O)S(=O)(=O)O. The van der Waals surface area contributed by atoms with E-state index in [-0.39, 0.29) is 19.2 Å². The van der Waals surface area contributed by atoms with Crippen LogP contribution in [0.2, 0.25) is 0 Å². The standard InChI is InChI=1S/C6H15NO5S/c1-2-5(4-8)7-3-6(9)13(10,11)12/h5-9H,2-4H2,1H3,(H,10,11,12). The normalized spacial score (nSPS) is 16.9. The summed E-state index contributed by atoms with van der Waals surface area (Å²) in [7, 11) is -4.40. The zero-order valence-electron chi connectivity index (χ0n) is 7.34. The minimum Gasteiger partial charge on any atom is -0.395 e. The zero-order valence-corrected chi connectivity index (χ0v) is 8.16. The quantitative estimate of drug-likeness (QED) is 0.402. The van der Waals surface area contributed by atoms with E-state index in [0.29, 0.717) is 6.42 Å². The number of rotatable bonds is 6. The molecular weight excluding hydrogens is 198 g/mol. The number of hydrogen-bond acceptors (Lipinski definition) is 5. The minimum absolute atomic E-state index is 0.144. The van der Waals surface area contributed by atoms with Gasteiger partial charge in [-0.3, -0.25) is 4.55 Å². The fourth-order valence-corrected chi connectivity index (χ4v) is 1.02. The number of aliphatic hydroxyl groups is 2. The maximum absolute atomic E-state index is 10.3. The lowest BCUT2D eigenvalue weighted by atomic mass is 10.2. The summed E-state index contributed by atoms with van der Waals surface area (Å²) in [6.45, 7) is 1.36. The average Bonchev–Trinajstić information content (AvgIpc) is 2.04. The van der Waals surface area contributed by atoms with Crippen LogP contribution in [0.3, 0.4) is 0 Å². The first-order valence-electron chi connectivity index (χ1n) is 3.90. The summed E-state index contributed by atoms with van der Waals surface area (Å²) in [6, 6.07) is -0.267. The average molecular weight is 213 g/mol. The van der Waals surface area contributed by atoms with Crippen molar-refractivity contribution >= 4 is 10.1 Å². The molecule has 0 bridgehead atoms. The second-order valence-corrected chi connectivity index (χ2v) is 4.24. The van der Waals surface area contributed by atoms with Crippen LogP contribution in [-0.4, -0.2) is 47.8 Å². The second-order valence-electron chi connectivity index (χ2n) is 2.67. The lowest BCUT2D eigenvalue weighted by Crippen LogP contribution is -2.40. The van der Waals surface area contributed by atoms with Gasteiger partial charge >= 0.3 is 0 Å². The van der Waals surface area contributed by atoms with E-state index in [0.717, 1.165) is 0 Å². The lowest BCUT2D eigenvalue weighted by Gasteiger charge is -2.15. The Morgan fingerprint density at radius 1 is 1.46 bits per heavy atom. The Balaban J connectivity index is 3.89. The van der Waals surface area contributed by atoms with Gasteiger partial charge in [0.25, 0.3) is 10.1 Å². The van der Waals surface area contributed by atoms with Gasteiger partial charge in [-0.2, -0.15) is 8.42 Å². The molecular formula is C6H15NO5S. The fourth-order valence-electron chi connectivity index (χ4n) is 0.711. The van der Waals surface area contributed by atoms with Gasteiger partial charge in [-0.25, -0.2) is 0 Å². The highest BCUT2D eigenvalue weighted by molar-refractivity contribution is 7.86. The van der Waals surface area contributed by atoms with Crippen LogP contribution in [0.5, 0.6) is 0 Å². The summed E-state index contributed by atoms with van der Waals surface area (Å²) < 4.78 is 29.0. The molecule has 0 aliphatic carbocycles. The van der Waals surface area contributed by atoms with E-state index in [9.17, 15) is 8.42 Å². The summed E-state index contributed by atoms with van der Waals surface area (Å²) >= 11 is 0. The summed E-state index contributed by atoms with van der Waals surface area (Å²) in [5, 5.41) is 20.1. The molecule has 0 fully saturated rings. The first-order chi connectivity index (χ1) is 5.91. The van der Waals surface area contributed by atoms with Crippen molar-refractivity contribution in [1.29, 1.82) is 0 Å². The molecule has 0 saturated carbocycles. The topological polar surface area (TPSA) is 107 Å². The van der Waals surface area contributed by atoms with Gasteiger partial charge in [-0.15, -0.1) is 0 Å². The third-order valence-corrected chi connectivity index (χ3v) is 2.49. The monoisotopic (exact) mass is 213 g/mol. The van der Waals surface area contributed by atoms with Crippen molar-refractivity contribution in [3.63, 3.8) is 0 Å². The Hall–Kier alpha value is -0.210. The van der Waals surface area contributed by atoms with Gasteiger partial charge in [0.15, 0.2) is 5.44 Å². The van der Waals surface area contributed by atoms with Crippen molar-refractivity contribution in [2.24, 2.45) is 0 Å². The molecule has 13 heavy (non-hydrogen) atoms. The van der Waals surface area contributed by atoms with Crippen LogP contribution in [0.25, 0.3) is 0 Å². The molecule has 0 spiro atoms. The van der Waals surface area contributed by atoms with Crippen LogP contribution in [0.15, 0.2) is 0 Å². The van der Waals surface area contributed by atoms with Crippen molar-refractivity contribution in [2.45, 2.75) is 24.8 Å². The zero-order chi connectivity index (χ0) is 10.5. The van der Waals surface area contributed by atoms with Gasteiger partial charge in [0.2, 0.25) is 0 Å². The maximum Gasteiger partial charge on any atom is 0.293 e. The first kappa shape index (κ1) is 12.8. The molecule has 7 heteroatoms. The molecule has 0 radical (unpaired) electrons. The molecule has 0 aromatic carbocycles. The molecule has 80 valence electrons. The van der Waals surface area contributed by atoms with Gasteiger partial charge in [-0.1, -0.05) is 6.92 Å². The Kier molecular flexibility index (Phi) is 5.42. The fraction of sp³-hybridized carbons (Fsp3) is 1.00. The second kappa shape index (κ2) is 5.51. The van der Waals surface area contributed by atoms with Gasteiger partial charge in [0.1, 0.15) is 0 Å². The Bertz CT molecular complexity index is 223. The highest BCUT2D eigenvalue weighted by Gasteiger charge is 2.19. The van der Waals surface area contributed by atoms with Crippen LogP contribution < -0.4 is 5.32 Å². The maximum atomic E-state index is 10.3. The van der Waals surface area contributed by atoms with Gasteiger partial charge in [-0.05, 0) is 6.42 Å². The summed E-state index contributed by atoms with van der Waals surface area (Å²) in [4.78, 5) is 0. The molecule has 2 unspecified atom stereocenters. The van der Waals surface area contributed by atoms with Crippen molar-refractivity contribution in [2.75, 3.05) is 13.2 Å². The van der Waals surface area contributed by atoms with E-state index >= 15 is 0 Å². The first-order valence-corrected chi connectivity index (χ1v) is 5.40. The van der Waals surface area contributed by atoms with E-state index in [4.69, 9.17) is 14.8 Å². The molecule has 2 atom stereocenters. The molecule has 0 aromatic heterocycles. The Morgan fingerprint density at radius 2 is 2.00 bits per heavy atom. The minimum atomic E-state index is -4.40. The van der Waals surface area contributed by atoms with E-state index in [2.05, 4.69) is 5.32 Å². The predicted octanol–water partition coefficient (Wildman–Crippen LogP) is -1.45. The molecule has 0 aromatic rings. The molecule has 0 aliphatic heterocycles. The number of hydrogen-bond donors (Lipinski definition) is 4. The number of nitrogens with one attached hydrogen (secondary N) is 1. The third kappa shape index (κ3) is 5.17. The van der Waals surface area contributed by atoms with Crippen LogP contribution in [-0.2, 0) is 10.1 Å². The van der Waals surface area contributed by atoms with E-state index < -0.39 is 15.6 Å². The predicted molar refractivity (Wildman–Crippen MR) is 46.7 cm³/mol. The molecule has 4 N–H and O–H groups in total. The van der Waals surface area contributed by atoms with Crippen molar-refractivity contribution in [3.05, 3.63) is 0 Å². The number of aliphatic hydroxyl groups excluding tert-OH is 2. The van der Waals surface area contributed by atoms with Crippen molar-refractivity contribution in [3.8, 4) is 0 Å². The summed E-state index contributed by atoms with van der Waals surface area (Å²) in [6.07, 6.45) is 0.606. The molecule has 0 heterocycles. The van der Waals surface area contributed by atoms with Crippen molar-refractivity contribution < 1.29 is 23.2 Å². The van der Waals surface area contributed by atoms with Gasteiger partial charge in [0.05, 0.1) is 6.61 Å². The van der Waals surface area contributed by atoms with Crippen LogP contribution in [0.4, 0.5) is 0 Å². The van der Waals surface area contributed by atoms with Crippen LogP contribution in [0, 0.1) is 0 Å². The summed E-state index contributed by atoms with van der Waals surface area (Å²) in [5.74, 6) is 0. The smallest absolute Gasteiger partial charge is 0.293 e.